The highest BCUT2D eigenvalue weighted by Crippen LogP contribution is 2.62. The fraction of sp³-hybridized carbons (Fsp3) is 0.0263. The van der Waals surface area contributed by atoms with Crippen LogP contribution < -0.4 is 4.74 Å². The predicted octanol–water partition coefficient (Wildman–Crippen LogP) is 10.3. The largest absolute Gasteiger partial charge is 0.457 e. The first kappa shape index (κ1) is 23.0. The molecule has 0 unspecified atom stereocenters. The first-order valence-electron chi connectivity index (χ1n) is 13.8. The Bertz CT molecular complexity index is 2150. The molecule has 192 valence electrons. The van der Waals surface area contributed by atoms with E-state index in [-0.39, 0.29) is 0 Å². The highest BCUT2D eigenvalue weighted by molar-refractivity contribution is 9.10. The van der Waals surface area contributed by atoms with E-state index in [1.807, 2.05) is 0 Å². The lowest BCUT2D eigenvalue weighted by molar-refractivity contribution is 0.436. The van der Waals surface area contributed by atoms with Gasteiger partial charge >= 0.3 is 0 Å². The van der Waals surface area contributed by atoms with Gasteiger partial charge in [-0.15, -0.1) is 0 Å². The standard InChI is InChI=1S/C38H22BrNO/c39-24-19-17-23(18-20-24)37-29-21-28-25-9-1-3-11-30(25)38(33(28)22-27(29)26-10-2-6-14-34(26)40-37)31-12-4-7-15-35(31)41-36-16-8-5-13-32(36)38/h1-22H. The highest BCUT2D eigenvalue weighted by Gasteiger charge is 2.51. The third-order valence-electron chi connectivity index (χ3n) is 8.78. The maximum absolute atomic E-state index is 6.52. The lowest BCUT2D eigenvalue weighted by Gasteiger charge is -2.39. The second kappa shape index (κ2) is 8.39. The van der Waals surface area contributed by atoms with Gasteiger partial charge in [0.2, 0.25) is 0 Å². The lowest BCUT2D eigenvalue weighted by atomic mass is 9.66. The summed E-state index contributed by atoms with van der Waals surface area (Å²) in [6.07, 6.45) is 0. The SMILES string of the molecule is Brc1ccc(-c2nc3ccccc3c3cc4c(cc23)-c2ccccc2C42c3ccccc3Oc3ccccc32)cc1. The Kier molecular flexibility index (Phi) is 4.71. The molecule has 0 amide bonds. The van der Waals surface area contributed by atoms with Crippen molar-refractivity contribution in [1.82, 2.24) is 4.98 Å². The zero-order valence-corrected chi connectivity index (χ0v) is 23.5. The second-order valence-electron chi connectivity index (χ2n) is 10.8. The van der Waals surface area contributed by atoms with Crippen LogP contribution in [0.5, 0.6) is 11.5 Å². The van der Waals surface area contributed by atoms with Crippen LogP contribution in [-0.2, 0) is 5.41 Å². The molecule has 1 spiro atoms. The van der Waals surface area contributed by atoms with Gasteiger partial charge in [0.15, 0.2) is 0 Å². The number of benzene rings is 6. The number of hydrogen-bond donors (Lipinski definition) is 0. The highest BCUT2D eigenvalue weighted by atomic mass is 79.9. The van der Waals surface area contributed by atoms with Gasteiger partial charge in [-0.1, -0.05) is 107 Å². The van der Waals surface area contributed by atoms with E-state index in [4.69, 9.17) is 9.72 Å². The summed E-state index contributed by atoms with van der Waals surface area (Å²) in [7, 11) is 0. The zero-order valence-electron chi connectivity index (χ0n) is 21.9. The summed E-state index contributed by atoms with van der Waals surface area (Å²) in [6.45, 7) is 0. The minimum absolute atomic E-state index is 0.492. The van der Waals surface area contributed by atoms with E-state index in [1.54, 1.807) is 0 Å². The van der Waals surface area contributed by atoms with Crippen LogP contribution in [0.2, 0.25) is 0 Å². The Morgan fingerprint density at radius 2 is 1.15 bits per heavy atom. The fourth-order valence-corrected chi connectivity index (χ4v) is 7.39. The van der Waals surface area contributed by atoms with Gasteiger partial charge in [-0.2, -0.15) is 0 Å². The first-order valence-corrected chi connectivity index (χ1v) is 14.6. The predicted molar refractivity (Wildman–Crippen MR) is 170 cm³/mol. The normalized spacial score (nSPS) is 13.9. The molecule has 2 aliphatic rings. The van der Waals surface area contributed by atoms with E-state index in [0.717, 1.165) is 43.5 Å². The minimum Gasteiger partial charge on any atom is -0.457 e. The molecule has 9 rings (SSSR count). The molecular formula is C38H22BrNO. The van der Waals surface area contributed by atoms with Crippen molar-refractivity contribution >= 4 is 37.6 Å². The second-order valence-corrected chi connectivity index (χ2v) is 11.7. The topological polar surface area (TPSA) is 22.1 Å². The van der Waals surface area contributed by atoms with E-state index in [1.165, 1.54) is 38.8 Å². The molecule has 0 saturated carbocycles. The van der Waals surface area contributed by atoms with Crippen LogP contribution in [-0.4, -0.2) is 4.98 Å². The van der Waals surface area contributed by atoms with Gasteiger partial charge in [-0.05, 0) is 70.1 Å². The Labute approximate surface area is 246 Å². The van der Waals surface area contributed by atoms with E-state index in [2.05, 4.69) is 149 Å². The third-order valence-corrected chi connectivity index (χ3v) is 9.31. The zero-order chi connectivity index (χ0) is 27.1. The summed E-state index contributed by atoms with van der Waals surface area (Å²) in [5.41, 5.74) is 10.0. The van der Waals surface area contributed by atoms with Gasteiger partial charge in [-0.3, -0.25) is 0 Å². The summed E-state index contributed by atoms with van der Waals surface area (Å²) in [4.78, 5) is 5.23. The molecule has 1 aromatic heterocycles. The minimum atomic E-state index is -0.492. The average molecular weight is 589 g/mol. The maximum atomic E-state index is 6.52. The van der Waals surface area contributed by atoms with Gasteiger partial charge in [0, 0.05) is 31.9 Å². The Hall–Kier alpha value is -4.73. The van der Waals surface area contributed by atoms with Gasteiger partial charge in [0.05, 0.1) is 16.6 Å². The molecule has 0 atom stereocenters. The number of rotatable bonds is 1. The summed E-state index contributed by atoms with van der Waals surface area (Å²) < 4.78 is 7.58. The molecule has 6 aromatic carbocycles. The van der Waals surface area contributed by atoms with Gasteiger partial charge in [-0.25, -0.2) is 4.98 Å². The average Bonchev–Trinajstić information content (AvgIpc) is 3.30. The number of nitrogens with zero attached hydrogens (tertiary/aromatic N) is 1. The summed E-state index contributed by atoms with van der Waals surface area (Å²) in [5, 5.41) is 3.53. The molecule has 0 saturated heterocycles. The Morgan fingerprint density at radius 1 is 0.512 bits per heavy atom. The van der Waals surface area contributed by atoms with Crippen LogP contribution >= 0.6 is 15.9 Å². The van der Waals surface area contributed by atoms with E-state index in [9.17, 15) is 0 Å². The van der Waals surface area contributed by atoms with Crippen LogP contribution in [0.25, 0.3) is 44.1 Å². The van der Waals surface area contributed by atoms with Gasteiger partial charge in [0.1, 0.15) is 11.5 Å². The molecule has 0 fully saturated rings. The number of hydrogen-bond acceptors (Lipinski definition) is 2. The number of para-hydroxylation sites is 3. The number of fused-ring (bicyclic) bond motifs is 12. The number of halogens is 1. The molecule has 0 bridgehead atoms. The van der Waals surface area contributed by atoms with Crippen molar-refractivity contribution in [2.75, 3.05) is 0 Å². The van der Waals surface area contributed by atoms with Crippen molar-refractivity contribution in [3.8, 4) is 33.9 Å². The molecule has 3 heteroatoms. The van der Waals surface area contributed by atoms with Crippen LogP contribution in [0.4, 0.5) is 0 Å². The van der Waals surface area contributed by atoms with Crippen LogP contribution in [0, 0.1) is 0 Å². The fourth-order valence-electron chi connectivity index (χ4n) is 7.12. The van der Waals surface area contributed by atoms with Crippen molar-refractivity contribution in [3.05, 3.63) is 160 Å². The van der Waals surface area contributed by atoms with Crippen LogP contribution in [0.3, 0.4) is 0 Å². The van der Waals surface area contributed by atoms with Crippen LogP contribution in [0.15, 0.2) is 138 Å². The molecule has 0 radical (unpaired) electrons. The molecular weight excluding hydrogens is 566 g/mol. The summed E-state index contributed by atoms with van der Waals surface area (Å²) in [5.74, 6) is 1.81. The van der Waals surface area contributed by atoms with Gasteiger partial charge < -0.3 is 4.74 Å². The number of ether oxygens (including phenoxy) is 1. The van der Waals surface area contributed by atoms with Crippen LogP contribution in [0.1, 0.15) is 22.3 Å². The Balaban J connectivity index is 1.48. The number of pyridine rings is 1. The van der Waals surface area contributed by atoms with E-state index < -0.39 is 5.41 Å². The molecule has 7 aromatic rings. The van der Waals surface area contributed by atoms with Crippen molar-refractivity contribution in [2.24, 2.45) is 0 Å². The maximum Gasteiger partial charge on any atom is 0.132 e. The number of aromatic nitrogens is 1. The third kappa shape index (κ3) is 3.04. The smallest absolute Gasteiger partial charge is 0.132 e. The summed E-state index contributed by atoms with van der Waals surface area (Å²) >= 11 is 3.60. The molecule has 41 heavy (non-hydrogen) atoms. The Morgan fingerprint density at radius 3 is 1.90 bits per heavy atom. The molecule has 1 aliphatic carbocycles. The molecule has 1 aliphatic heterocycles. The van der Waals surface area contributed by atoms with E-state index >= 15 is 0 Å². The first-order chi connectivity index (χ1) is 20.2. The van der Waals surface area contributed by atoms with Crippen molar-refractivity contribution in [2.45, 2.75) is 5.41 Å². The van der Waals surface area contributed by atoms with Crippen molar-refractivity contribution in [1.29, 1.82) is 0 Å². The molecule has 2 heterocycles. The van der Waals surface area contributed by atoms with Crippen molar-refractivity contribution in [3.63, 3.8) is 0 Å². The monoisotopic (exact) mass is 587 g/mol. The lowest BCUT2D eigenvalue weighted by Crippen LogP contribution is -2.32. The summed E-state index contributed by atoms with van der Waals surface area (Å²) in [6, 6.07) is 47.7. The van der Waals surface area contributed by atoms with Crippen molar-refractivity contribution < 1.29 is 4.74 Å². The molecule has 0 N–H and O–H groups in total. The van der Waals surface area contributed by atoms with E-state index in [0.29, 0.717) is 0 Å². The quantitative estimate of drug-likeness (QED) is 0.178. The molecule has 2 nitrogen and oxygen atoms in total. The van der Waals surface area contributed by atoms with Gasteiger partial charge in [0.25, 0.3) is 0 Å².